The first-order valence-electron chi connectivity index (χ1n) is 36.8. The molecule has 25 nitrogen and oxygen atoms in total. The topological polar surface area (TPSA) is 279 Å². The molecule has 4 saturated heterocycles. The summed E-state index contributed by atoms with van der Waals surface area (Å²) in [7, 11) is 8.62. The lowest BCUT2D eigenvalue weighted by Gasteiger charge is -2.45. The van der Waals surface area contributed by atoms with Crippen molar-refractivity contribution >= 4 is 82.5 Å². The molecule has 0 spiro atoms. The summed E-state index contributed by atoms with van der Waals surface area (Å²) in [5.74, 6) is -7.68. The van der Waals surface area contributed by atoms with Crippen molar-refractivity contribution in [1.82, 2.24) is 60.0 Å². The molecule has 3 N–H and O–H groups in total. The highest BCUT2D eigenvalue weighted by Gasteiger charge is 2.47. The van der Waals surface area contributed by atoms with Crippen molar-refractivity contribution in [2.24, 2.45) is 23.7 Å². The van der Waals surface area contributed by atoms with Crippen LogP contribution < -0.4 is 16.0 Å². The Balaban J connectivity index is 1.36. The molecule has 0 bridgehead atoms. The number of hydrogen-bond donors (Lipinski definition) is 3. The Morgan fingerprint density at radius 2 is 1.27 bits per heavy atom. The molecular weight excluding hydrogens is 1350 g/mol. The molecule has 29 heteroatoms. The number of rotatable bonds is 14. The van der Waals surface area contributed by atoms with E-state index < -0.39 is 161 Å². The quantitative estimate of drug-likeness (QED) is 0.183. The highest BCUT2D eigenvalue weighted by Crippen LogP contribution is 2.36. The Hall–Kier alpha value is -7.10. The monoisotopic (exact) mass is 1460 g/mol. The van der Waals surface area contributed by atoms with Gasteiger partial charge < -0.3 is 64.8 Å². The lowest BCUT2D eigenvalue weighted by atomic mass is 9.84. The van der Waals surface area contributed by atoms with Crippen LogP contribution in [0, 0.1) is 23.7 Å². The summed E-state index contributed by atoms with van der Waals surface area (Å²) in [5, 5.41) is 7.92. The second-order valence-corrected chi connectivity index (χ2v) is 30.4. The second kappa shape index (κ2) is 38.6. The first-order valence-corrected chi connectivity index (χ1v) is 37.2. The third-order valence-corrected chi connectivity index (χ3v) is 21.4. The third kappa shape index (κ3) is 22.5. The molecule has 1 saturated carbocycles. The van der Waals surface area contributed by atoms with E-state index in [0.717, 1.165) is 55.6 Å². The molecule has 0 aromatic heterocycles. The van der Waals surface area contributed by atoms with Crippen LogP contribution in [0.3, 0.4) is 0 Å². The van der Waals surface area contributed by atoms with Crippen LogP contribution in [-0.4, -0.2) is 264 Å². The first kappa shape index (κ1) is 83.8. The Morgan fingerprint density at radius 3 is 1.88 bits per heavy atom. The molecule has 1 aromatic carbocycles. The van der Waals surface area contributed by atoms with Crippen molar-refractivity contribution in [3.8, 4) is 0 Å². The molecule has 5 aliphatic rings. The average molecular weight is 1460 g/mol. The van der Waals surface area contributed by atoms with Gasteiger partial charge in [0.2, 0.25) is 70.9 Å². The van der Waals surface area contributed by atoms with Crippen LogP contribution in [-0.2, 0) is 74.9 Å². The van der Waals surface area contributed by atoms with E-state index in [1.807, 2.05) is 27.7 Å². The van der Waals surface area contributed by atoms with Crippen molar-refractivity contribution in [2.75, 3.05) is 94.8 Å². The summed E-state index contributed by atoms with van der Waals surface area (Å²) in [6, 6.07) is -7.62. The first-order chi connectivity index (χ1) is 48.0. The van der Waals surface area contributed by atoms with Crippen LogP contribution >= 0.6 is 11.6 Å². The van der Waals surface area contributed by atoms with E-state index in [4.69, 9.17) is 16.3 Å². The van der Waals surface area contributed by atoms with Crippen molar-refractivity contribution in [2.45, 2.75) is 237 Å². The lowest BCUT2D eigenvalue weighted by molar-refractivity contribution is -0.160. The molecule has 1 aliphatic carbocycles. The third-order valence-electron chi connectivity index (χ3n) is 21.1. The van der Waals surface area contributed by atoms with Crippen molar-refractivity contribution in [3.05, 3.63) is 34.3 Å². The van der Waals surface area contributed by atoms with Crippen LogP contribution in [0.25, 0.3) is 0 Å². The van der Waals surface area contributed by atoms with Gasteiger partial charge in [0.15, 0.2) is 0 Å². The number of nitrogens with one attached hydrogen (secondary N) is 3. The van der Waals surface area contributed by atoms with Crippen molar-refractivity contribution < 1.29 is 75.4 Å². The van der Waals surface area contributed by atoms with Gasteiger partial charge in [0, 0.05) is 88.0 Å². The van der Waals surface area contributed by atoms with Gasteiger partial charge in [-0.25, -0.2) is 0 Å². The van der Waals surface area contributed by atoms with E-state index in [1.165, 1.54) is 89.6 Å². The van der Waals surface area contributed by atoms with E-state index in [-0.39, 0.29) is 102 Å². The predicted molar refractivity (Wildman–Crippen MR) is 377 cm³/mol. The van der Waals surface area contributed by atoms with Gasteiger partial charge in [-0.05, 0) is 132 Å². The number of alkyl halides is 3. The molecule has 12 amide bonds. The molecule has 5 fully saturated rings. The molecule has 4 heterocycles. The zero-order chi connectivity index (χ0) is 75.6. The largest absolute Gasteiger partial charge is 0.417 e. The normalized spacial score (nSPS) is 26.4. The zero-order valence-electron chi connectivity index (χ0n) is 62.4. The van der Waals surface area contributed by atoms with Gasteiger partial charge in [-0.2, -0.15) is 13.2 Å². The van der Waals surface area contributed by atoms with Gasteiger partial charge in [-0.3, -0.25) is 57.5 Å². The maximum absolute atomic E-state index is 15.0. The summed E-state index contributed by atoms with van der Waals surface area (Å²) in [4.78, 5) is 188. The molecule has 102 heavy (non-hydrogen) atoms. The number of benzene rings is 1. The van der Waals surface area contributed by atoms with Gasteiger partial charge in [-0.15, -0.1) is 0 Å². The molecule has 1 aromatic rings. The van der Waals surface area contributed by atoms with E-state index in [0.29, 0.717) is 50.8 Å². The molecular formula is C73H114ClF3N12O13. The number of likely N-dealkylation sites (tertiary alicyclic amines) is 1. The number of amides is 12. The number of halogens is 4. The fraction of sp³-hybridized carbons (Fsp3) is 0.753. The molecule has 6 rings (SSSR count). The molecule has 9 atom stereocenters. The summed E-state index contributed by atoms with van der Waals surface area (Å²) in [6.07, 6.45) is 3.50. The smallest absolute Gasteiger partial charge is 0.379 e. The summed E-state index contributed by atoms with van der Waals surface area (Å²) in [6.45, 7) is 13.1. The zero-order valence-corrected chi connectivity index (χ0v) is 63.1. The number of likely N-dealkylation sites (N-methyl/N-ethyl adjacent to an activating group) is 6. The lowest BCUT2D eigenvalue weighted by Crippen LogP contribution is -2.65. The second-order valence-electron chi connectivity index (χ2n) is 30.0. The van der Waals surface area contributed by atoms with Gasteiger partial charge in [0.05, 0.1) is 30.2 Å². The number of aryl methyl sites for hydroxylation is 1. The fourth-order valence-electron chi connectivity index (χ4n) is 14.5. The highest BCUT2D eigenvalue weighted by atomic mass is 35.5. The minimum Gasteiger partial charge on any atom is -0.379 e. The fourth-order valence-corrected chi connectivity index (χ4v) is 14.8. The summed E-state index contributed by atoms with van der Waals surface area (Å²) < 4.78 is 47.4. The predicted octanol–water partition coefficient (Wildman–Crippen LogP) is 5.90. The number of ether oxygens (including phenoxy) is 1. The van der Waals surface area contributed by atoms with E-state index in [2.05, 4.69) is 16.0 Å². The van der Waals surface area contributed by atoms with Crippen LogP contribution in [0.15, 0.2) is 18.2 Å². The Kier molecular flexibility index (Phi) is 31.7. The standard InChI is InChI=1S/C73H114ClF3N12O13/c1-45(2)32-38-102-44-54-67(96)82(9)48(7)66(95)89-37-31-56(89)70(99)84(11)58(41-49-23-16-14-17-24-49)69(98)81(8)43-60(90)79-53(30-28-50-27-29-51(52(74)40-50)73(75,76)77)68(97)88-36-22-25-55(88)64(93)78-33-19-18-26-61(91)86(13)63(47(5)6)72(101)85(12)59(71(100)87-34-20-15-21-35-87)42-62(92)83(10)57(39-46(3)4)65(94)80-54/h27,29,40,45-49,53-59,63H,14-26,28,30-39,41-44H2,1-13H3,(H,78,93)(H,79,90)(H,80,94)/t48-,53-,54-,55-,56-,57?,58-,59-,63-/m0/s1. The number of piperidine rings is 1. The van der Waals surface area contributed by atoms with Crippen LogP contribution in [0.5, 0.6) is 0 Å². The van der Waals surface area contributed by atoms with Gasteiger partial charge in [0.25, 0.3) is 0 Å². The van der Waals surface area contributed by atoms with Gasteiger partial charge in [-0.1, -0.05) is 91.3 Å². The molecule has 1 unspecified atom stereocenters. The van der Waals surface area contributed by atoms with E-state index >= 15 is 0 Å². The van der Waals surface area contributed by atoms with Gasteiger partial charge >= 0.3 is 6.18 Å². The maximum atomic E-state index is 15.0. The average Bonchev–Trinajstić information content (AvgIpc) is 0.885. The number of nitrogens with zero attached hydrogens (tertiary/aromatic N) is 9. The Labute approximate surface area is 605 Å². The summed E-state index contributed by atoms with van der Waals surface area (Å²) >= 11 is 6.11. The number of fused-ring (bicyclic) bond motifs is 2. The molecule has 572 valence electrons. The van der Waals surface area contributed by atoms with E-state index in [9.17, 15) is 70.7 Å². The minimum absolute atomic E-state index is 0.0226. The Bertz CT molecular complexity index is 3110. The molecule has 0 radical (unpaired) electrons. The number of carbonyl (C=O) groups excluding carboxylic acids is 12. The van der Waals surface area contributed by atoms with Crippen molar-refractivity contribution in [1.29, 1.82) is 0 Å². The Morgan fingerprint density at radius 1 is 0.618 bits per heavy atom. The van der Waals surface area contributed by atoms with Gasteiger partial charge in [0.1, 0.15) is 54.4 Å². The SMILES string of the molecule is CC(C)CCOC[C@@H]1NC(=O)C(CC(C)C)N(C)C(=O)C[C@@H](C(=O)N2CCCCC2)N(C)C(=O)[C@H](C(C)C)N(C)C(=O)CCCCNC(=O)[C@@H]2CCCN2C(=O)[C@H](CCc2ccc(C(F)(F)F)c(Cl)c2)NC(=O)CN(C)C(=O)[C@H](CC2CCCCC2)N(C)C(=O)[C@@H]2CCN2C(=O)[C@H](C)N(C)C1=O. The van der Waals surface area contributed by atoms with Crippen LogP contribution in [0.4, 0.5) is 13.2 Å². The van der Waals surface area contributed by atoms with Crippen LogP contribution in [0.2, 0.25) is 5.02 Å². The van der Waals surface area contributed by atoms with Crippen molar-refractivity contribution in [3.63, 3.8) is 0 Å². The number of hydrogen-bond acceptors (Lipinski definition) is 13. The molecule has 4 aliphatic heterocycles. The number of carbonyl (C=O) groups is 12. The summed E-state index contributed by atoms with van der Waals surface area (Å²) in [5.41, 5.74) is -0.735. The maximum Gasteiger partial charge on any atom is 0.417 e. The minimum atomic E-state index is -4.74. The highest BCUT2D eigenvalue weighted by molar-refractivity contribution is 6.31. The van der Waals surface area contributed by atoms with E-state index in [1.54, 1.807) is 18.7 Å². The van der Waals surface area contributed by atoms with Crippen LogP contribution in [0.1, 0.15) is 182 Å².